The molecule has 3 rings (SSSR count). The number of nitrogens with one attached hydrogen (secondary N) is 1. The Morgan fingerprint density at radius 3 is 2.62 bits per heavy atom. The van der Waals surface area contributed by atoms with Crippen molar-refractivity contribution in [3.05, 3.63) is 34.2 Å². The number of carbonyl (C=O) groups excluding carboxylic acids is 1. The van der Waals surface area contributed by atoms with Gasteiger partial charge in [-0.3, -0.25) is 9.59 Å². The fourth-order valence-corrected chi connectivity index (χ4v) is 3.99. The van der Waals surface area contributed by atoms with E-state index in [-0.39, 0.29) is 12.5 Å². The highest BCUT2D eigenvalue weighted by Gasteiger charge is 2.44. The van der Waals surface area contributed by atoms with Gasteiger partial charge < -0.3 is 10.4 Å². The van der Waals surface area contributed by atoms with E-state index in [0.29, 0.717) is 22.7 Å². The van der Waals surface area contributed by atoms with Crippen molar-refractivity contribution < 1.29 is 14.7 Å². The number of halogens is 1. The molecule has 1 saturated carbocycles. The van der Waals surface area contributed by atoms with Crippen LogP contribution in [0.25, 0.3) is 10.1 Å². The Morgan fingerprint density at radius 2 is 2.05 bits per heavy atom. The van der Waals surface area contributed by atoms with Crippen molar-refractivity contribution in [2.24, 2.45) is 5.41 Å². The molecule has 1 fully saturated rings. The number of fused-ring (bicyclic) bond motifs is 1. The quantitative estimate of drug-likeness (QED) is 0.904. The van der Waals surface area contributed by atoms with Crippen molar-refractivity contribution in [1.82, 2.24) is 5.32 Å². The van der Waals surface area contributed by atoms with E-state index in [2.05, 4.69) is 5.32 Å². The van der Waals surface area contributed by atoms with Crippen molar-refractivity contribution in [2.45, 2.75) is 19.3 Å². The topological polar surface area (TPSA) is 66.4 Å². The second-order valence-corrected chi connectivity index (χ2v) is 6.79. The van der Waals surface area contributed by atoms with Gasteiger partial charge in [0.1, 0.15) is 4.88 Å². The van der Waals surface area contributed by atoms with Gasteiger partial charge in [-0.05, 0) is 18.9 Å². The van der Waals surface area contributed by atoms with Gasteiger partial charge >= 0.3 is 5.97 Å². The van der Waals surface area contributed by atoms with Crippen molar-refractivity contribution in [1.29, 1.82) is 0 Å². The fourth-order valence-electron chi connectivity index (χ4n) is 2.56. The Kier molecular flexibility index (Phi) is 3.63. The third kappa shape index (κ3) is 2.40. The molecule has 0 atom stereocenters. The second kappa shape index (κ2) is 5.31. The lowest BCUT2D eigenvalue weighted by Crippen LogP contribution is -2.47. The monoisotopic (exact) mass is 323 g/mol. The number of aliphatic carboxylic acids is 1. The molecule has 2 aromatic rings. The van der Waals surface area contributed by atoms with Gasteiger partial charge in [-0.15, -0.1) is 11.3 Å². The van der Waals surface area contributed by atoms with E-state index in [0.717, 1.165) is 16.5 Å². The van der Waals surface area contributed by atoms with E-state index in [4.69, 9.17) is 11.6 Å². The summed E-state index contributed by atoms with van der Waals surface area (Å²) in [6, 6.07) is 7.55. The van der Waals surface area contributed by atoms with Crippen LogP contribution in [0.3, 0.4) is 0 Å². The lowest BCUT2D eigenvalue weighted by molar-refractivity contribution is -0.153. The molecule has 4 nitrogen and oxygen atoms in total. The van der Waals surface area contributed by atoms with E-state index in [1.807, 2.05) is 24.3 Å². The number of carbonyl (C=O) groups is 2. The molecule has 1 aliphatic carbocycles. The van der Waals surface area contributed by atoms with Crippen LogP contribution < -0.4 is 5.32 Å². The van der Waals surface area contributed by atoms with Crippen LogP contribution in [-0.2, 0) is 4.79 Å². The van der Waals surface area contributed by atoms with E-state index in [9.17, 15) is 14.7 Å². The van der Waals surface area contributed by atoms with Crippen LogP contribution in [0.1, 0.15) is 28.9 Å². The molecule has 0 spiro atoms. The molecule has 0 aliphatic heterocycles. The van der Waals surface area contributed by atoms with E-state index in [1.54, 1.807) is 0 Å². The predicted octanol–water partition coefficient (Wildman–Crippen LogP) is 3.54. The third-order valence-electron chi connectivity index (χ3n) is 4.09. The number of rotatable bonds is 4. The molecule has 0 radical (unpaired) electrons. The number of carboxylic acids is 1. The maximum absolute atomic E-state index is 12.3. The number of carboxylic acid groups (broad SMARTS) is 1. The summed E-state index contributed by atoms with van der Waals surface area (Å²) in [6.45, 7) is 0.158. The molecule has 1 amide bonds. The highest BCUT2D eigenvalue weighted by Crippen LogP contribution is 2.41. The zero-order valence-electron chi connectivity index (χ0n) is 11.2. The summed E-state index contributed by atoms with van der Waals surface area (Å²) < 4.78 is 0.948. The molecule has 21 heavy (non-hydrogen) atoms. The largest absolute Gasteiger partial charge is 0.481 e. The van der Waals surface area contributed by atoms with Crippen LogP contribution >= 0.6 is 22.9 Å². The van der Waals surface area contributed by atoms with Crippen molar-refractivity contribution in [3.8, 4) is 0 Å². The molecular weight excluding hydrogens is 310 g/mol. The van der Waals surface area contributed by atoms with Crippen LogP contribution in [0.5, 0.6) is 0 Å². The molecule has 6 heteroatoms. The minimum absolute atomic E-state index is 0.158. The van der Waals surface area contributed by atoms with E-state index >= 15 is 0 Å². The highest BCUT2D eigenvalue weighted by atomic mass is 35.5. The van der Waals surface area contributed by atoms with E-state index < -0.39 is 11.4 Å². The molecule has 1 aromatic carbocycles. The number of benzene rings is 1. The molecule has 2 N–H and O–H groups in total. The van der Waals surface area contributed by atoms with Crippen molar-refractivity contribution in [3.63, 3.8) is 0 Å². The summed E-state index contributed by atoms with van der Waals surface area (Å²) in [5, 5.41) is 13.3. The number of amides is 1. The first kappa shape index (κ1) is 14.4. The van der Waals surface area contributed by atoms with Gasteiger partial charge in [-0.2, -0.15) is 0 Å². The summed E-state index contributed by atoms with van der Waals surface area (Å²) in [5.41, 5.74) is -0.793. The first-order valence-electron chi connectivity index (χ1n) is 6.72. The van der Waals surface area contributed by atoms with Crippen LogP contribution in [0.15, 0.2) is 24.3 Å². The van der Waals surface area contributed by atoms with Gasteiger partial charge in [-0.25, -0.2) is 0 Å². The molecule has 1 aromatic heterocycles. The van der Waals surface area contributed by atoms with E-state index in [1.165, 1.54) is 11.3 Å². The minimum atomic E-state index is -0.837. The maximum atomic E-state index is 12.3. The highest BCUT2D eigenvalue weighted by molar-refractivity contribution is 7.21. The van der Waals surface area contributed by atoms with Crippen LogP contribution in [0.2, 0.25) is 5.02 Å². The van der Waals surface area contributed by atoms with Gasteiger partial charge in [0.25, 0.3) is 5.91 Å². The normalized spacial score (nSPS) is 16.4. The Bertz CT molecular complexity index is 721. The van der Waals surface area contributed by atoms with Crippen LogP contribution in [-0.4, -0.2) is 23.5 Å². The molecular formula is C15H14ClNO3S. The fraction of sp³-hybridized carbons (Fsp3) is 0.333. The average molecular weight is 324 g/mol. The molecule has 1 heterocycles. The first-order valence-corrected chi connectivity index (χ1v) is 7.92. The van der Waals surface area contributed by atoms with Gasteiger partial charge in [-0.1, -0.05) is 36.2 Å². The Hall–Kier alpha value is -1.59. The molecule has 1 aliphatic rings. The van der Waals surface area contributed by atoms with Gasteiger partial charge in [0.2, 0.25) is 0 Å². The zero-order chi connectivity index (χ0) is 15.0. The Labute approximate surface area is 130 Å². The lowest BCUT2D eigenvalue weighted by atomic mass is 9.69. The first-order chi connectivity index (χ1) is 10.0. The summed E-state index contributed by atoms with van der Waals surface area (Å²) in [7, 11) is 0. The van der Waals surface area contributed by atoms with Gasteiger partial charge in [0.15, 0.2) is 0 Å². The second-order valence-electron chi connectivity index (χ2n) is 5.36. The summed E-state index contributed by atoms with van der Waals surface area (Å²) in [4.78, 5) is 24.0. The third-order valence-corrected chi connectivity index (χ3v) is 5.77. The summed E-state index contributed by atoms with van der Waals surface area (Å²) in [6.07, 6.45) is 2.12. The van der Waals surface area contributed by atoms with Crippen LogP contribution in [0.4, 0.5) is 0 Å². The van der Waals surface area contributed by atoms with Crippen LogP contribution in [0, 0.1) is 5.41 Å². The average Bonchev–Trinajstić information content (AvgIpc) is 2.75. The maximum Gasteiger partial charge on any atom is 0.311 e. The number of hydrogen-bond acceptors (Lipinski definition) is 3. The van der Waals surface area contributed by atoms with Gasteiger partial charge in [0, 0.05) is 16.6 Å². The minimum Gasteiger partial charge on any atom is -0.481 e. The molecule has 0 saturated heterocycles. The summed E-state index contributed by atoms with van der Waals surface area (Å²) >= 11 is 7.57. The number of thiophene rings is 1. The Balaban J connectivity index is 1.78. The standard InChI is InChI=1S/C15H14ClNO3S/c16-11-9-4-1-2-5-10(9)21-12(11)13(18)17-8-15(14(19)20)6-3-7-15/h1-2,4-5H,3,6-8H2,(H,17,18)(H,19,20). The van der Waals surface area contributed by atoms with Gasteiger partial charge in [0.05, 0.1) is 10.4 Å². The molecule has 0 unspecified atom stereocenters. The van der Waals surface area contributed by atoms with Crippen molar-refractivity contribution in [2.75, 3.05) is 6.54 Å². The predicted molar refractivity (Wildman–Crippen MR) is 83.1 cm³/mol. The summed E-state index contributed by atoms with van der Waals surface area (Å²) in [5.74, 6) is -1.13. The zero-order valence-corrected chi connectivity index (χ0v) is 12.8. The number of hydrogen-bond donors (Lipinski definition) is 2. The molecule has 0 bridgehead atoms. The SMILES string of the molecule is O=C(NCC1(C(=O)O)CCC1)c1sc2ccccc2c1Cl. The molecule has 110 valence electrons. The Morgan fingerprint density at radius 1 is 1.33 bits per heavy atom. The lowest BCUT2D eigenvalue weighted by Gasteiger charge is -2.37. The van der Waals surface area contributed by atoms with Crippen molar-refractivity contribution >= 4 is 44.9 Å². The smallest absolute Gasteiger partial charge is 0.311 e.